The standard InChI is InChI=1S/C11H17NS/c1-9(7-12-11-2-3-11)6-10-4-5-13-8-10/h4-5,8-9,11-12H,2-3,6-7H2,1H3. The van der Waals surface area contributed by atoms with Gasteiger partial charge in [0.1, 0.15) is 0 Å². The van der Waals surface area contributed by atoms with Gasteiger partial charge in [-0.2, -0.15) is 11.3 Å². The van der Waals surface area contributed by atoms with Gasteiger partial charge in [0.05, 0.1) is 0 Å². The maximum Gasteiger partial charge on any atom is 0.00683 e. The molecule has 0 spiro atoms. The molecule has 0 radical (unpaired) electrons. The van der Waals surface area contributed by atoms with Gasteiger partial charge in [-0.15, -0.1) is 0 Å². The fraction of sp³-hybridized carbons (Fsp3) is 0.636. The minimum atomic E-state index is 0.773. The molecule has 72 valence electrons. The zero-order valence-electron chi connectivity index (χ0n) is 8.12. The smallest absolute Gasteiger partial charge is 0.00683 e. The predicted octanol–water partition coefficient (Wildman–Crippen LogP) is 2.68. The van der Waals surface area contributed by atoms with Gasteiger partial charge in [0.2, 0.25) is 0 Å². The lowest BCUT2D eigenvalue weighted by Gasteiger charge is -2.10. The van der Waals surface area contributed by atoms with Crippen LogP contribution in [0.2, 0.25) is 0 Å². The highest BCUT2D eigenvalue weighted by Gasteiger charge is 2.20. The van der Waals surface area contributed by atoms with Crippen LogP contribution in [0.4, 0.5) is 0 Å². The number of hydrogen-bond acceptors (Lipinski definition) is 2. The first-order chi connectivity index (χ1) is 6.34. The van der Waals surface area contributed by atoms with Crippen LogP contribution in [0.1, 0.15) is 25.3 Å². The van der Waals surface area contributed by atoms with Gasteiger partial charge in [-0.05, 0) is 54.1 Å². The van der Waals surface area contributed by atoms with E-state index in [-0.39, 0.29) is 0 Å². The molecule has 0 saturated heterocycles. The lowest BCUT2D eigenvalue weighted by Crippen LogP contribution is -2.24. The molecule has 0 aromatic carbocycles. The van der Waals surface area contributed by atoms with Gasteiger partial charge >= 0.3 is 0 Å². The van der Waals surface area contributed by atoms with Crippen molar-refractivity contribution in [3.8, 4) is 0 Å². The van der Waals surface area contributed by atoms with Gasteiger partial charge in [-0.1, -0.05) is 6.92 Å². The highest BCUT2D eigenvalue weighted by molar-refractivity contribution is 7.07. The Morgan fingerprint density at radius 3 is 3.08 bits per heavy atom. The monoisotopic (exact) mass is 195 g/mol. The van der Waals surface area contributed by atoms with Gasteiger partial charge in [-0.25, -0.2) is 0 Å². The molecule has 13 heavy (non-hydrogen) atoms. The molecule has 1 N–H and O–H groups in total. The Labute approximate surface area is 84.2 Å². The summed E-state index contributed by atoms with van der Waals surface area (Å²) in [5.41, 5.74) is 1.50. The Morgan fingerprint density at radius 1 is 1.62 bits per heavy atom. The van der Waals surface area contributed by atoms with Crippen LogP contribution in [0.3, 0.4) is 0 Å². The van der Waals surface area contributed by atoms with Gasteiger partial charge in [-0.3, -0.25) is 0 Å². The lowest BCUT2D eigenvalue weighted by atomic mass is 10.0. The third-order valence-corrected chi connectivity index (χ3v) is 3.23. The maximum atomic E-state index is 3.57. The zero-order valence-corrected chi connectivity index (χ0v) is 8.94. The van der Waals surface area contributed by atoms with Crippen LogP contribution in [0.15, 0.2) is 16.8 Å². The lowest BCUT2D eigenvalue weighted by molar-refractivity contribution is 0.510. The highest BCUT2D eigenvalue weighted by atomic mass is 32.1. The molecule has 1 aliphatic carbocycles. The van der Waals surface area contributed by atoms with Crippen molar-refractivity contribution in [2.45, 2.75) is 32.2 Å². The summed E-state index contributed by atoms with van der Waals surface area (Å²) >= 11 is 1.80. The molecule has 0 amide bonds. The Hall–Kier alpha value is -0.340. The minimum absolute atomic E-state index is 0.773. The van der Waals surface area contributed by atoms with Crippen molar-refractivity contribution in [2.24, 2.45) is 5.92 Å². The fourth-order valence-corrected chi connectivity index (χ4v) is 2.22. The van der Waals surface area contributed by atoms with Crippen molar-refractivity contribution >= 4 is 11.3 Å². The number of thiophene rings is 1. The fourth-order valence-electron chi connectivity index (χ4n) is 1.54. The number of rotatable bonds is 5. The van der Waals surface area contributed by atoms with E-state index < -0.39 is 0 Å². The molecule has 1 nitrogen and oxygen atoms in total. The van der Waals surface area contributed by atoms with Gasteiger partial charge in [0.25, 0.3) is 0 Å². The van der Waals surface area contributed by atoms with E-state index in [0.29, 0.717) is 0 Å². The summed E-state index contributed by atoms with van der Waals surface area (Å²) < 4.78 is 0. The first-order valence-electron chi connectivity index (χ1n) is 5.09. The van der Waals surface area contributed by atoms with Crippen LogP contribution in [-0.2, 0) is 6.42 Å². The number of hydrogen-bond donors (Lipinski definition) is 1. The highest BCUT2D eigenvalue weighted by Crippen LogP contribution is 2.19. The number of nitrogens with one attached hydrogen (secondary N) is 1. The molecule has 2 heteroatoms. The maximum absolute atomic E-state index is 3.57. The summed E-state index contributed by atoms with van der Waals surface area (Å²) in [6, 6.07) is 3.09. The van der Waals surface area contributed by atoms with E-state index in [0.717, 1.165) is 12.0 Å². The average Bonchev–Trinajstić information content (AvgIpc) is 2.82. The van der Waals surface area contributed by atoms with Gasteiger partial charge in [0, 0.05) is 6.04 Å². The third kappa shape index (κ3) is 3.12. The summed E-state index contributed by atoms with van der Waals surface area (Å²) in [7, 11) is 0. The van der Waals surface area contributed by atoms with Crippen molar-refractivity contribution < 1.29 is 0 Å². The van der Waals surface area contributed by atoms with Crippen LogP contribution >= 0.6 is 11.3 Å². The molecule has 1 saturated carbocycles. The molecular formula is C11H17NS. The average molecular weight is 195 g/mol. The normalized spacial score (nSPS) is 18.8. The SMILES string of the molecule is CC(CNC1CC1)Cc1ccsc1. The predicted molar refractivity (Wildman–Crippen MR) is 58.2 cm³/mol. The van der Waals surface area contributed by atoms with E-state index in [1.54, 1.807) is 11.3 Å². The first kappa shape index (κ1) is 9.22. The summed E-state index contributed by atoms with van der Waals surface area (Å²) in [5.74, 6) is 0.773. The molecule has 2 rings (SSSR count). The van der Waals surface area contributed by atoms with Gasteiger partial charge < -0.3 is 5.32 Å². The van der Waals surface area contributed by atoms with E-state index in [1.165, 1.54) is 31.4 Å². The molecule has 1 aromatic rings. The Balaban J connectivity index is 1.68. The topological polar surface area (TPSA) is 12.0 Å². The molecule has 1 unspecified atom stereocenters. The third-order valence-electron chi connectivity index (χ3n) is 2.50. The molecule has 1 atom stereocenters. The van der Waals surface area contributed by atoms with Crippen molar-refractivity contribution in [1.29, 1.82) is 0 Å². The molecule has 1 aromatic heterocycles. The Kier molecular flexibility index (Phi) is 3.01. The van der Waals surface area contributed by atoms with E-state index in [4.69, 9.17) is 0 Å². The summed E-state index contributed by atoms with van der Waals surface area (Å²) in [6.07, 6.45) is 4.01. The molecule has 1 heterocycles. The van der Waals surface area contributed by atoms with Crippen molar-refractivity contribution in [3.63, 3.8) is 0 Å². The second-order valence-electron chi connectivity index (χ2n) is 4.12. The van der Waals surface area contributed by atoms with Crippen LogP contribution in [-0.4, -0.2) is 12.6 Å². The van der Waals surface area contributed by atoms with E-state index in [1.807, 2.05) is 0 Å². The molecule has 0 aliphatic heterocycles. The summed E-state index contributed by atoms with van der Waals surface area (Å²) in [6.45, 7) is 3.51. The van der Waals surface area contributed by atoms with E-state index in [9.17, 15) is 0 Å². The quantitative estimate of drug-likeness (QED) is 0.761. The summed E-state index contributed by atoms with van der Waals surface area (Å²) in [5, 5.41) is 7.99. The Morgan fingerprint density at radius 2 is 2.46 bits per heavy atom. The van der Waals surface area contributed by atoms with Crippen LogP contribution in [0.5, 0.6) is 0 Å². The van der Waals surface area contributed by atoms with Crippen LogP contribution < -0.4 is 5.32 Å². The van der Waals surface area contributed by atoms with Crippen molar-refractivity contribution in [1.82, 2.24) is 5.32 Å². The van der Waals surface area contributed by atoms with Gasteiger partial charge in [0.15, 0.2) is 0 Å². The molecule has 1 aliphatic rings. The van der Waals surface area contributed by atoms with Crippen molar-refractivity contribution in [2.75, 3.05) is 6.54 Å². The van der Waals surface area contributed by atoms with Crippen LogP contribution in [0, 0.1) is 5.92 Å². The first-order valence-corrected chi connectivity index (χ1v) is 6.03. The zero-order chi connectivity index (χ0) is 9.10. The Bertz CT molecular complexity index is 239. The minimum Gasteiger partial charge on any atom is -0.314 e. The van der Waals surface area contributed by atoms with Crippen LogP contribution in [0.25, 0.3) is 0 Å². The molecular weight excluding hydrogens is 178 g/mol. The van der Waals surface area contributed by atoms with Crippen molar-refractivity contribution in [3.05, 3.63) is 22.4 Å². The second kappa shape index (κ2) is 4.25. The van der Waals surface area contributed by atoms with E-state index >= 15 is 0 Å². The second-order valence-corrected chi connectivity index (χ2v) is 4.90. The molecule has 1 fully saturated rings. The summed E-state index contributed by atoms with van der Waals surface area (Å²) in [4.78, 5) is 0. The molecule has 0 bridgehead atoms. The van der Waals surface area contributed by atoms with E-state index in [2.05, 4.69) is 29.1 Å². The largest absolute Gasteiger partial charge is 0.314 e.